The van der Waals surface area contributed by atoms with Crippen LogP contribution in [0.5, 0.6) is 0 Å². The van der Waals surface area contributed by atoms with Gasteiger partial charge >= 0.3 is 0 Å². The fourth-order valence-electron chi connectivity index (χ4n) is 3.64. The van der Waals surface area contributed by atoms with E-state index in [9.17, 15) is 0 Å². The summed E-state index contributed by atoms with van der Waals surface area (Å²) in [6.07, 6.45) is 1.13. The Balaban J connectivity index is 1.72. The Labute approximate surface area is 198 Å². The van der Waals surface area contributed by atoms with Crippen molar-refractivity contribution in [3.05, 3.63) is 84.9 Å². The first-order valence-corrected chi connectivity index (χ1v) is 11.7. The normalized spacial score (nSPS) is 11.9. The zero-order valence-corrected chi connectivity index (χ0v) is 20.3. The largest absolute Gasteiger partial charge is 0.208 e. The predicted octanol–water partition coefficient (Wildman–Crippen LogP) is 6.43. The summed E-state index contributed by atoms with van der Waals surface area (Å²) in [4.78, 5) is 14.5. The Hall–Kier alpha value is -3.27. The van der Waals surface area contributed by atoms with E-state index in [1.54, 1.807) is 0 Å². The van der Waals surface area contributed by atoms with Gasteiger partial charge in [0.2, 0.25) is 0 Å². The van der Waals surface area contributed by atoms with Crippen molar-refractivity contribution < 1.29 is 0 Å². The molecule has 33 heavy (non-hydrogen) atoms. The van der Waals surface area contributed by atoms with Gasteiger partial charge in [0.05, 0.1) is 0 Å². The van der Waals surface area contributed by atoms with Gasteiger partial charge in [-0.25, -0.2) is 15.0 Å². The first-order valence-electron chi connectivity index (χ1n) is 11.7. The minimum Gasteiger partial charge on any atom is -0.208 e. The van der Waals surface area contributed by atoms with Crippen molar-refractivity contribution in [3.63, 3.8) is 0 Å². The summed E-state index contributed by atoms with van der Waals surface area (Å²) in [6.45, 7) is 11.7. The highest BCUT2D eigenvalue weighted by atomic mass is 15.0. The van der Waals surface area contributed by atoms with Crippen LogP contribution in [0.2, 0.25) is 6.32 Å². The third-order valence-corrected chi connectivity index (χ3v) is 6.95. The van der Waals surface area contributed by atoms with Crippen LogP contribution in [0.15, 0.2) is 84.9 Å². The van der Waals surface area contributed by atoms with Crippen molar-refractivity contribution in [1.29, 1.82) is 0 Å². The Kier molecular flexibility index (Phi) is 6.46. The maximum atomic E-state index is 4.87. The molecule has 0 radical (unpaired) electrons. The average molecular weight is 433 g/mol. The molecule has 0 aliphatic rings. The lowest BCUT2D eigenvalue weighted by Crippen LogP contribution is -2.33. The molecule has 0 spiro atoms. The van der Waals surface area contributed by atoms with Gasteiger partial charge in [-0.05, 0) is 10.8 Å². The fraction of sp³-hybridized carbons (Fsp3) is 0.276. The van der Waals surface area contributed by atoms with Crippen molar-refractivity contribution in [2.45, 2.75) is 40.9 Å². The van der Waals surface area contributed by atoms with Crippen LogP contribution in [0.25, 0.3) is 34.2 Å². The van der Waals surface area contributed by atoms with E-state index in [4.69, 9.17) is 15.0 Å². The molecular weight excluding hydrogens is 401 g/mol. The lowest BCUT2D eigenvalue weighted by Gasteiger charge is -2.39. The van der Waals surface area contributed by atoms with E-state index < -0.39 is 0 Å². The standard InChI is InChI=1S/C29H32BN3/c1-28(2,3)29(4,5)20-30-24-18-12-17-23(19-24)27-32-25(21-13-8-6-9-14-21)31-26(33-27)22-15-10-7-11-16-22/h6-19,30H,20H2,1-5H3. The average Bonchev–Trinajstić information content (AvgIpc) is 2.83. The third-order valence-electron chi connectivity index (χ3n) is 6.95. The van der Waals surface area contributed by atoms with Crippen LogP contribution in [0.4, 0.5) is 0 Å². The summed E-state index contributed by atoms with van der Waals surface area (Å²) in [5.74, 6) is 2.09. The van der Waals surface area contributed by atoms with E-state index in [1.807, 2.05) is 60.7 Å². The number of hydrogen-bond donors (Lipinski definition) is 0. The van der Waals surface area contributed by atoms with Gasteiger partial charge in [-0.15, -0.1) is 0 Å². The van der Waals surface area contributed by atoms with Crippen LogP contribution in [0, 0.1) is 10.8 Å². The van der Waals surface area contributed by atoms with Gasteiger partial charge in [0.15, 0.2) is 24.8 Å². The summed E-state index contributed by atoms with van der Waals surface area (Å²) in [7, 11) is 1.03. The van der Waals surface area contributed by atoms with Crippen LogP contribution in [-0.4, -0.2) is 22.2 Å². The lowest BCUT2D eigenvalue weighted by molar-refractivity contribution is 0.157. The Morgan fingerprint density at radius 2 is 1.03 bits per heavy atom. The highest BCUT2D eigenvalue weighted by Gasteiger charge is 2.32. The minimum absolute atomic E-state index is 0.247. The van der Waals surface area contributed by atoms with Gasteiger partial charge in [0.25, 0.3) is 0 Å². The van der Waals surface area contributed by atoms with E-state index in [1.165, 1.54) is 5.46 Å². The molecule has 166 valence electrons. The smallest absolute Gasteiger partial charge is 0.164 e. The summed E-state index contributed by atoms with van der Waals surface area (Å²) in [6, 6.07) is 28.9. The molecule has 0 aliphatic heterocycles. The molecule has 0 N–H and O–H groups in total. The number of rotatable bonds is 6. The Bertz CT molecular complexity index is 1150. The highest BCUT2D eigenvalue weighted by molar-refractivity contribution is 6.53. The molecule has 3 aromatic carbocycles. The van der Waals surface area contributed by atoms with Crippen LogP contribution in [0.1, 0.15) is 34.6 Å². The second-order valence-corrected chi connectivity index (χ2v) is 10.4. The van der Waals surface area contributed by atoms with Gasteiger partial charge in [-0.2, -0.15) is 0 Å². The molecule has 4 heteroatoms. The molecule has 4 rings (SSSR count). The monoisotopic (exact) mass is 433 g/mol. The zero-order chi connectivity index (χ0) is 23.5. The second-order valence-electron chi connectivity index (χ2n) is 10.4. The molecule has 3 nitrogen and oxygen atoms in total. The van der Waals surface area contributed by atoms with Crippen molar-refractivity contribution >= 4 is 12.7 Å². The molecule has 1 heterocycles. The Morgan fingerprint density at radius 3 is 1.52 bits per heavy atom. The maximum Gasteiger partial charge on any atom is 0.164 e. The first-order chi connectivity index (χ1) is 15.7. The highest BCUT2D eigenvalue weighted by Crippen LogP contribution is 2.40. The van der Waals surface area contributed by atoms with Gasteiger partial charge in [-0.1, -0.05) is 131 Å². The van der Waals surface area contributed by atoms with Gasteiger partial charge in [-0.3, -0.25) is 0 Å². The van der Waals surface area contributed by atoms with Gasteiger partial charge in [0, 0.05) is 16.7 Å². The summed E-state index contributed by atoms with van der Waals surface area (Å²) in [5, 5.41) is 0. The topological polar surface area (TPSA) is 38.7 Å². The molecule has 0 bridgehead atoms. The number of nitrogens with zero attached hydrogens (tertiary/aromatic N) is 3. The Morgan fingerprint density at radius 1 is 0.576 bits per heavy atom. The van der Waals surface area contributed by atoms with E-state index in [2.05, 4.69) is 58.9 Å². The molecular formula is C29H32BN3. The van der Waals surface area contributed by atoms with Gasteiger partial charge < -0.3 is 0 Å². The van der Waals surface area contributed by atoms with Crippen molar-refractivity contribution in [2.24, 2.45) is 10.8 Å². The molecule has 0 fully saturated rings. The van der Waals surface area contributed by atoms with Gasteiger partial charge in [0.1, 0.15) is 0 Å². The van der Waals surface area contributed by atoms with E-state index in [0.717, 1.165) is 30.3 Å². The van der Waals surface area contributed by atoms with E-state index in [0.29, 0.717) is 17.5 Å². The zero-order valence-electron chi connectivity index (χ0n) is 20.3. The summed E-state index contributed by atoms with van der Waals surface area (Å²) >= 11 is 0. The first kappa shape index (κ1) is 22.9. The van der Waals surface area contributed by atoms with Crippen LogP contribution < -0.4 is 5.46 Å². The molecule has 0 saturated heterocycles. The summed E-state index contributed by atoms with van der Waals surface area (Å²) in [5.41, 5.74) is 4.82. The van der Waals surface area contributed by atoms with Crippen molar-refractivity contribution in [2.75, 3.05) is 0 Å². The molecule has 0 atom stereocenters. The minimum atomic E-state index is 0.247. The fourth-order valence-corrected chi connectivity index (χ4v) is 3.64. The second kappa shape index (κ2) is 9.31. The number of aromatic nitrogens is 3. The third kappa shape index (κ3) is 5.39. The van der Waals surface area contributed by atoms with Crippen molar-refractivity contribution in [1.82, 2.24) is 15.0 Å². The van der Waals surface area contributed by atoms with Crippen LogP contribution in [-0.2, 0) is 0 Å². The number of hydrogen-bond acceptors (Lipinski definition) is 3. The summed E-state index contributed by atoms with van der Waals surface area (Å²) < 4.78 is 0. The van der Waals surface area contributed by atoms with E-state index in [-0.39, 0.29) is 10.8 Å². The number of benzene rings is 3. The predicted molar refractivity (Wildman–Crippen MR) is 141 cm³/mol. The van der Waals surface area contributed by atoms with Crippen LogP contribution in [0.3, 0.4) is 0 Å². The molecule has 0 unspecified atom stereocenters. The molecule has 0 aliphatic carbocycles. The lowest BCUT2D eigenvalue weighted by atomic mass is 9.53. The molecule has 4 aromatic rings. The molecule has 0 amide bonds. The SMILES string of the molecule is CC(C)(C)C(C)(C)CBc1cccc(-c2nc(-c3ccccc3)nc(-c3ccccc3)n2)c1. The van der Waals surface area contributed by atoms with Crippen LogP contribution >= 0.6 is 0 Å². The van der Waals surface area contributed by atoms with E-state index >= 15 is 0 Å². The van der Waals surface area contributed by atoms with Crippen molar-refractivity contribution in [3.8, 4) is 34.2 Å². The molecule has 0 saturated carbocycles. The quantitative estimate of drug-likeness (QED) is 0.329. The maximum absolute atomic E-state index is 4.87. The molecule has 1 aromatic heterocycles.